The van der Waals surface area contributed by atoms with Crippen LogP contribution in [-0.4, -0.2) is 18.0 Å². The Balaban J connectivity index is 0.00000180. The van der Waals surface area contributed by atoms with Crippen LogP contribution in [0.1, 0.15) is 70.6 Å². The largest absolute Gasteiger partial charge is 0.354 e. The van der Waals surface area contributed by atoms with Gasteiger partial charge in [0.2, 0.25) is 5.91 Å². The minimum Gasteiger partial charge on any atom is -0.354 e. The van der Waals surface area contributed by atoms with Crippen molar-refractivity contribution in [1.82, 2.24) is 5.32 Å². The van der Waals surface area contributed by atoms with E-state index < -0.39 is 5.54 Å². The molecule has 2 fully saturated rings. The minimum absolute atomic E-state index is 0. The van der Waals surface area contributed by atoms with E-state index in [1.165, 1.54) is 44.9 Å². The molecule has 0 heterocycles. The van der Waals surface area contributed by atoms with Gasteiger partial charge in [-0.1, -0.05) is 44.9 Å². The molecule has 1 amide bonds. The maximum Gasteiger partial charge on any atom is 0.240 e. The van der Waals surface area contributed by atoms with Crippen molar-refractivity contribution in [3.8, 4) is 0 Å². The molecule has 2 saturated carbocycles. The fourth-order valence-corrected chi connectivity index (χ4v) is 3.39. The van der Waals surface area contributed by atoms with Crippen molar-refractivity contribution < 1.29 is 4.79 Å². The molecule has 0 aromatic heterocycles. The van der Waals surface area contributed by atoms with Crippen LogP contribution in [0.3, 0.4) is 0 Å². The summed E-state index contributed by atoms with van der Waals surface area (Å²) in [5, 5.41) is 3.12. The Bertz CT molecular complexity index is 269. The van der Waals surface area contributed by atoms with E-state index in [2.05, 4.69) is 5.32 Å². The van der Waals surface area contributed by atoms with Gasteiger partial charge in [-0.15, -0.1) is 12.4 Å². The zero-order chi connectivity index (χ0) is 12.8. The maximum absolute atomic E-state index is 12.1. The zero-order valence-electron chi connectivity index (χ0n) is 12.0. The molecule has 0 saturated heterocycles. The molecule has 0 radical (unpaired) electrons. The topological polar surface area (TPSA) is 55.1 Å². The molecule has 3 N–H and O–H groups in total. The van der Waals surface area contributed by atoms with E-state index in [-0.39, 0.29) is 18.3 Å². The van der Waals surface area contributed by atoms with Gasteiger partial charge < -0.3 is 11.1 Å². The van der Waals surface area contributed by atoms with Gasteiger partial charge in [-0.3, -0.25) is 4.79 Å². The lowest BCUT2D eigenvalue weighted by atomic mass is 9.90. The number of carbonyl (C=O) groups excluding carboxylic acids is 1. The van der Waals surface area contributed by atoms with E-state index in [9.17, 15) is 4.79 Å². The standard InChI is InChI=1S/C15H28N2O.ClH/c16-15(10-6-7-11-15)14(18)17-12-13-8-4-2-1-3-5-9-13;/h13H,1-12,16H2,(H,17,18);1H. The number of carbonyl (C=O) groups is 1. The predicted molar refractivity (Wildman–Crippen MR) is 81.5 cm³/mol. The molecule has 2 rings (SSSR count). The Morgan fingerprint density at radius 1 is 1.00 bits per heavy atom. The zero-order valence-corrected chi connectivity index (χ0v) is 12.8. The lowest BCUT2D eigenvalue weighted by Crippen LogP contribution is -2.52. The lowest BCUT2D eigenvalue weighted by molar-refractivity contribution is -0.126. The van der Waals surface area contributed by atoms with E-state index in [1.807, 2.05) is 0 Å². The quantitative estimate of drug-likeness (QED) is 0.838. The van der Waals surface area contributed by atoms with Gasteiger partial charge in [0.15, 0.2) is 0 Å². The molecule has 0 spiro atoms. The molecule has 0 aromatic rings. The number of nitrogens with two attached hydrogens (primary N) is 1. The van der Waals surface area contributed by atoms with Gasteiger partial charge in [0.05, 0.1) is 5.54 Å². The summed E-state index contributed by atoms with van der Waals surface area (Å²) in [4.78, 5) is 12.1. The Kier molecular flexibility index (Phi) is 7.16. The van der Waals surface area contributed by atoms with Gasteiger partial charge in [0, 0.05) is 6.54 Å². The van der Waals surface area contributed by atoms with E-state index >= 15 is 0 Å². The normalized spacial score (nSPS) is 24.1. The van der Waals surface area contributed by atoms with Crippen molar-refractivity contribution in [3.63, 3.8) is 0 Å². The number of halogens is 1. The van der Waals surface area contributed by atoms with Crippen molar-refractivity contribution in [2.24, 2.45) is 11.7 Å². The second-order valence-corrected chi connectivity index (χ2v) is 6.28. The summed E-state index contributed by atoms with van der Waals surface area (Å²) in [5.41, 5.74) is 5.61. The first-order valence-corrected chi connectivity index (χ1v) is 7.78. The molecule has 19 heavy (non-hydrogen) atoms. The smallest absolute Gasteiger partial charge is 0.240 e. The number of hydrogen-bond donors (Lipinski definition) is 2. The van der Waals surface area contributed by atoms with Crippen LogP contribution in [0.25, 0.3) is 0 Å². The van der Waals surface area contributed by atoms with Gasteiger partial charge in [0.25, 0.3) is 0 Å². The maximum atomic E-state index is 12.1. The van der Waals surface area contributed by atoms with Crippen LogP contribution in [0.15, 0.2) is 0 Å². The van der Waals surface area contributed by atoms with Gasteiger partial charge in [-0.2, -0.15) is 0 Å². The highest BCUT2D eigenvalue weighted by Gasteiger charge is 2.36. The van der Waals surface area contributed by atoms with Crippen molar-refractivity contribution in [2.75, 3.05) is 6.54 Å². The molecule has 0 atom stereocenters. The highest BCUT2D eigenvalue weighted by atomic mass is 35.5. The fourth-order valence-electron chi connectivity index (χ4n) is 3.39. The third-order valence-electron chi connectivity index (χ3n) is 4.72. The van der Waals surface area contributed by atoms with Gasteiger partial charge in [0.1, 0.15) is 0 Å². The molecule has 2 aliphatic rings. The van der Waals surface area contributed by atoms with Crippen LogP contribution in [0, 0.1) is 5.92 Å². The van der Waals surface area contributed by atoms with Crippen molar-refractivity contribution in [3.05, 3.63) is 0 Å². The summed E-state index contributed by atoms with van der Waals surface area (Å²) in [6.07, 6.45) is 13.3. The molecular weight excluding hydrogens is 260 g/mol. The van der Waals surface area contributed by atoms with Crippen molar-refractivity contribution in [1.29, 1.82) is 0 Å². The van der Waals surface area contributed by atoms with Crippen LogP contribution >= 0.6 is 12.4 Å². The van der Waals surface area contributed by atoms with Gasteiger partial charge in [-0.25, -0.2) is 0 Å². The Morgan fingerprint density at radius 3 is 2.11 bits per heavy atom. The first-order valence-electron chi connectivity index (χ1n) is 7.78. The number of nitrogens with one attached hydrogen (secondary N) is 1. The van der Waals surface area contributed by atoms with E-state index in [0.29, 0.717) is 5.92 Å². The average Bonchev–Trinajstić information content (AvgIpc) is 2.76. The highest BCUT2D eigenvalue weighted by Crippen LogP contribution is 2.27. The van der Waals surface area contributed by atoms with Crippen molar-refractivity contribution in [2.45, 2.75) is 76.2 Å². The van der Waals surface area contributed by atoms with Gasteiger partial charge in [-0.05, 0) is 31.6 Å². The van der Waals surface area contributed by atoms with E-state index in [4.69, 9.17) is 5.73 Å². The second kappa shape index (κ2) is 8.11. The third-order valence-corrected chi connectivity index (χ3v) is 4.72. The van der Waals surface area contributed by atoms with E-state index in [0.717, 1.165) is 32.2 Å². The average molecular weight is 289 g/mol. The van der Waals surface area contributed by atoms with Gasteiger partial charge >= 0.3 is 0 Å². The first kappa shape index (κ1) is 16.8. The summed E-state index contributed by atoms with van der Waals surface area (Å²) < 4.78 is 0. The fraction of sp³-hybridized carbons (Fsp3) is 0.933. The van der Waals surface area contributed by atoms with Crippen LogP contribution < -0.4 is 11.1 Å². The van der Waals surface area contributed by atoms with Crippen LogP contribution in [0.2, 0.25) is 0 Å². The summed E-state index contributed by atoms with van der Waals surface area (Å²) in [7, 11) is 0. The summed E-state index contributed by atoms with van der Waals surface area (Å²) >= 11 is 0. The van der Waals surface area contributed by atoms with Crippen LogP contribution in [-0.2, 0) is 4.79 Å². The van der Waals surface area contributed by atoms with Crippen molar-refractivity contribution >= 4 is 18.3 Å². The summed E-state index contributed by atoms with van der Waals surface area (Å²) in [6.45, 7) is 0.845. The number of hydrogen-bond acceptors (Lipinski definition) is 2. The predicted octanol–water partition coefficient (Wildman–Crippen LogP) is 3.16. The lowest BCUT2D eigenvalue weighted by Gasteiger charge is -2.25. The molecule has 0 aromatic carbocycles. The van der Waals surface area contributed by atoms with Crippen LogP contribution in [0.5, 0.6) is 0 Å². The Morgan fingerprint density at radius 2 is 1.53 bits per heavy atom. The third kappa shape index (κ3) is 4.96. The monoisotopic (exact) mass is 288 g/mol. The SMILES string of the molecule is Cl.NC1(C(=O)NCC2CCCCCCC2)CCCC1. The Labute approximate surface area is 123 Å². The molecule has 0 bridgehead atoms. The summed E-state index contributed by atoms with van der Waals surface area (Å²) in [6, 6.07) is 0. The van der Waals surface area contributed by atoms with E-state index in [1.54, 1.807) is 0 Å². The Hall–Kier alpha value is -0.280. The molecule has 4 heteroatoms. The minimum atomic E-state index is -0.554. The molecular formula is C15H29ClN2O. The molecule has 112 valence electrons. The summed E-state index contributed by atoms with van der Waals surface area (Å²) in [5.74, 6) is 0.779. The molecule has 2 aliphatic carbocycles. The second-order valence-electron chi connectivity index (χ2n) is 6.28. The number of amides is 1. The highest BCUT2D eigenvalue weighted by molar-refractivity contribution is 5.86. The molecule has 0 aliphatic heterocycles. The number of rotatable bonds is 3. The molecule has 0 unspecified atom stereocenters. The first-order chi connectivity index (χ1) is 8.71. The molecule has 3 nitrogen and oxygen atoms in total. The van der Waals surface area contributed by atoms with Crippen LogP contribution in [0.4, 0.5) is 0 Å².